The number of methoxy groups -OCH3 is 4. The predicted molar refractivity (Wildman–Crippen MR) is 117 cm³/mol. The molecule has 0 saturated heterocycles. The molecule has 2 aromatic carbocycles. The van der Waals surface area contributed by atoms with Gasteiger partial charge in [-0.05, 0) is 47.5 Å². The number of carbonyl (C=O) groups is 2. The first-order chi connectivity index (χ1) is 14.4. The normalized spacial score (nSPS) is 9.77. The second-order valence-electron chi connectivity index (χ2n) is 5.49. The van der Waals surface area contributed by atoms with Gasteiger partial charge in [0.2, 0.25) is 0 Å². The van der Waals surface area contributed by atoms with E-state index in [1.165, 1.54) is 19.3 Å². The largest absolute Gasteiger partial charge is 0.497 e. The van der Waals surface area contributed by atoms with Gasteiger partial charge < -0.3 is 24.1 Å². The monoisotopic (exact) mass is 416 g/mol. The number of aliphatic carboxylic acids is 1. The minimum Gasteiger partial charge on any atom is -0.497 e. The van der Waals surface area contributed by atoms with Crippen LogP contribution in [0.15, 0.2) is 60.7 Å². The van der Waals surface area contributed by atoms with E-state index in [1.807, 2.05) is 30.3 Å². The van der Waals surface area contributed by atoms with Crippen LogP contribution in [0.1, 0.15) is 11.1 Å². The molecule has 30 heavy (non-hydrogen) atoms. The molecule has 0 aliphatic rings. The lowest BCUT2D eigenvalue weighted by molar-refractivity contribution is -0.135. The Balaban J connectivity index is 0.000000497. The maximum Gasteiger partial charge on any atom is 0.330 e. The van der Waals surface area contributed by atoms with E-state index < -0.39 is 5.97 Å². The molecule has 0 unspecified atom stereocenters. The first-order valence-corrected chi connectivity index (χ1v) is 8.75. The number of carboxylic acids is 1. The Morgan fingerprint density at radius 2 is 1.33 bits per heavy atom. The molecule has 0 fully saturated rings. The smallest absolute Gasteiger partial charge is 0.330 e. The summed E-state index contributed by atoms with van der Waals surface area (Å²) in [6, 6.07) is 14.6. The van der Waals surface area contributed by atoms with Crippen molar-refractivity contribution in [2.75, 3.05) is 35.5 Å². The highest BCUT2D eigenvalue weighted by atomic mass is 16.5. The Kier molecular flexibility index (Phi) is 14.4. The molecule has 162 valence electrons. The third kappa shape index (κ3) is 12.7. The summed E-state index contributed by atoms with van der Waals surface area (Å²) >= 11 is 0. The van der Waals surface area contributed by atoms with Crippen LogP contribution in [0.25, 0.3) is 12.2 Å². The maximum atomic E-state index is 10.8. The SMILES string of the molecule is COC.COC(=O)/C=C/c1ccc(OC)cc1.COc1cccc(/C=C/C(=O)O)c1. The predicted octanol–water partition coefficient (Wildman–Crippen LogP) is 3.94. The number of hydrogen-bond acceptors (Lipinski definition) is 6. The van der Waals surface area contributed by atoms with Crippen molar-refractivity contribution in [3.05, 3.63) is 71.8 Å². The minimum absolute atomic E-state index is 0.360. The molecule has 0 aliphatic carbocycles. The van der Waals surface area contributed by atoms with Crippen LogP contribution >= 0.6 is 0 Å². The van der Waals surface area contributed by atoms with Crippen molar-refractivity contribution in [2.24, 2.45) is 0 Å². The van der Waals surface area contributed by atoms with E-state index in [4.69, 9.17) is 14.6 Å². The molecule has 7 nitrogen and oxygen atoms in total. The van der Waals surface area contributed by atoms with E-state index in [0.29, 0.717) is 5.75 Å². The zero-order valence-corrected chi connectivity index (χ0v) is 17.8. The Bertz CT molecular complexity index is 809. The van der Waals surface area contributed by atoms with Crippen LogP contribution in [-0.2, 0) is 19.1 Å². The van der Waals surface area contributed by atoms with E-state index in [2.05, 4.69) is 9.47 Å². The number of hydrogen-bond donors (Lipinski definition) is 1. The third-order valence-corrected chi connectivity index (χ3v) is 3.24. The van der Waals surface area contributed by atoms with Crippen LogP contribution in [0.5, 0.6) is 11.5 Å². The molecule has 2 aromatic rings. The molecule has 0 amide bonds. The molecule has 0 aliphatic heterocycles. The highest BCUT2D eigenvalue weighted by Crippen LogP contribution is 2.13. The van der Waals surface area contributed by atoms with Crippen LogP contribution in [0.4, 0.5) is 0 Å². The van der Waals surface area contributed by atoms with Gasteiger partial charge in [0.05, 0.1) is 21.3 Å². The molecule has 0 bridgehead atoms. The van der Waals surface area contributed by atoms with Gasteiger partial charge in [0.25, 0.3) is 0 Å². The topological polar surface area (TPSA) is 91.3 Å². The first-order valence-electron chi connectivity index (χ1n) is 8.75. The lowest BCUT2D eigenvalue weighted by atomic mass is 10.2. The van der Waals surface area contributed by atoms with Gasteiger partial charge >= 0.3 is 11.9 Å². The molecule has 7 heteroatoms. The average molecular weight is 416 g/mol. The van der Waals surface area contributed by atoms with Gasteiger partial charge in [0, 0.05) is 26.4 Å². The number of carboxylic acid groups (broad SMARTS) is 1. The molecule has 1 N–H and O–H groups in total. The minimum atomic E-state index is -0.956. The van der Waals surface area contributed by atoms with Crippen molar-refractivity contribution in [1.82, 2.24) is 0 Å². The Labute approximate surface area is 177 Å². The van der Waals surface area contributed by atoms with Crippen LogP contribution in [0.2, 0.25) is 0 Å². The highest BCUT2D eigenvalue weighted by Gasteiger charge is 1.93. The summed E-state index contributed by atoms with van der Waals surface area (Å²) in [4.78, 5) is 21.0. The third-order valence-electron chi connectivity index (χ3n) is 3.24. The van der Waals surface area contributed by atoms with Crippen molar-refractivity contribution >= 4 is 24.1 Å². The van der Waals surface area contributed by atoms with Crippen molar-refractivity contribution in [3.63, 3.8) is 0 Å². The summed E-state index contributed by atoms with van der Waals surface area (Å²) < 4.78 is 18.7. The molecule has 0 atom stereocenters. The number of carbonyl (C=O) groups excluding carboxylic acids is 1. The fraction of sp³-hybridized carbons (Fsp3) is 0.217. The summed E-state index contributed by atoms with van der Waals surface area (Å²) in [7, 11) is 7.78. The van der Waals surface area contributed by atoms with Crippen LogP contribution in [0, 0.1) is 0 Å². The van der Waals surface area contributed by atoms with Crippen LogP contribution in [-0.4, -0.2) is 52.6 Å². The van der Waals surface area contributed by atoms with Gasteiger partial charge in [-0.3, -0.25) is 0 Å². The van der Waals surface area contributed by atoms with Crippen molar-refractivity contribution in [1.29, 1.82) is 0 Å². The lowest BCUT2D eigenvalue weighted by Gasteiger charge is -1.99. The first kappa shape index (κ1) is 26.4. The number of esters is 1. The number of benzene rings is 2. The van der Waals surface area contributed by atoms with E-state index in [-0.39, 0.29) is 5.97 Å². The zero-order chi connectivity index (χ0) is 22.8. The standard InChI is InChI=1S/C11H12O3.C10H10O3.C2H6O/c1-13-10-6-3-9(4-7-10)5-8-11(12)14-2;1-13-9-4-2-3-8(7-9)5-6-10(11)12;1-3-2/h3-8H,1-2H3;2-7H,1H3,(H,11,12);1-2H3/b8-5+;6-5+;. The van der Waals surface area contributed by atoms with Crippen molar-refractivity contribution in [2.45, 2.75) is 0 Å². The zero-order valence-electron chi connectivity index (χ0n) is 17.8. The van der Waals surface area contributed by atoms with Gasteiger partial charge in [0.15, 0.2) is 0 Å². The molecule has 0 radical (unpaired) electrons. The van der Waals surface area contributed by atoms with E-state index in [1.54, 1.807) is 52.7 Å². The Morgan fingerprint density at radius 1 is 0.767 bits per heavy atom. The summed E-state index contributed by atoms with van der Waals surface area (Å²) in [5.41, 5.74) is 1.73. The van der Waals surface area contributed by atoms with Gasteiger partial charge in [-0.15, -0.1) is 0 Å². The molecule has 0 heterocycles. The second kappa shape index (κ2) is 16.4. The van der Waals surface area contributed by atoms with E-state index in [0.717, 1.165) is 23.0 Å². The summed E-state index contributed by atoms with van der Waals surface area (Å²) in [5.74, 6) is 0.191. The summed E-state index contributed by atoms with van der Waals surface area (Å²) in [6.45, 7) is 0. The lowest BCUT2D eigenvalue weighted by Crippen LogP contribution is -1.93. The summed E-state index contributed by atoms with van der Waals surface area (Å²) in [5, 5.41) is 8.38. The Morgan fingerprint density at radius 3 is 1.83 bits per heavy atom. The van der Waals surface area contributed by atoms with Gasteiger partial charge in [-0.25, -0.2) is 9.59 Å². The number of ether oxygens (including phenoxy) is 4. The maximum absolute atomic E-state index is 10.8. The van der Waals surface area contributed by atoms with E-state index >= 15 is 0 Å². The average Bonchev–Trinajstić information content (AvgIpc) is 2.77. The molecular weight excluding hydrogens is 388 g/mol. The fourth-order valence-electron chi connectivity index (χ4n) is 1.86. The van der Waals surface area contributed by atoms with Crippen LogP contribution < -0.4 is 9.47 Å². The molecule has 0 saturated carbocycles. The molecule has 0 aromatic heterocycles. The Hall–Kier alpha value is -3.58. The van der Waals surface area contributed by atoms with Gasteiger partial charge in [-0.1, -0.05) is 24.3 Å². The fourth-order valence-corrected chi connectivity index (χ4v) is 1.86. The van der Waals surface area contributed by atoms with Crippen molar-refractivity contribution < 1.29 is 33.6 Å². The molecular formula is C23H28O7. The molecule has 0 spiro atoms. The van der Waals surface area contributed by atoms with Gasteiger partial charge in [-0.2, -0.15) is 0 Å². The van der Waals surface area contributed by atoms with Crippen molar-refractivity contribution in [3.8, 4) is 11.5 Å². The molecule has 2 rings (SSSR count). The van der Waals surface area contributed by atoms with Crippen LogP contribution in [0.3, 0.4) is 0 Å². The summed E-state index contributed by atoms with van der Waals surface area (Å²) in [6.07, 6.45) is 5.67. The second-order valence-corrected chi connectivity index (χ2v) is 5.49. The number of rotatable bonds is 6. The quantitative estimate of drug-likeness (QED) is 0.563. The van der Waals surface area contributed by atoms with E-state index in [9.17, 15) is 9.59 Å². The van der Waals surface area contributed by atoms with Gasteiger partial charge in [0.1, 0.15) is 11.5 Å². The highest BCUT2D eigenvalue weighted by molar-refractivity contribution is 5.87.